The molecule has 0 spiro atoms. The number of halogens is 3. The van der Waals surface area contributed by atoms with Crippen LogP contribution in [0.25, 0.3) is 11.1 Å². The zero-order chi connectivity index (χ0) is 20.4. The van der Waals surface area contributed by atoms with E-state index < -0.39 is 6.00 Å². The number of unbranched alkanes of at least 4 members (excludes halogenated alkanes) is 4. The molecule has 0 fully saturated rings. The Morgan fingerprint density at radius 3 is 2.29 bits per heavy atom. The van der Waals surface area contributed by atoms with Crippen molar-refractivity contribution in [2.45, 2.75) is 57.9 Å². The average Bonchev–Trinajstić information content (AvgIpc) is 2.64. The fraction of sp³-hybridized carbons (Fsp3) is 0.455. The molecule has 6 heteroatoms. The van der Waals surface area contributed by atoms with E-state index in [4.69, 9.17) is 38.0 Å². The second kappa shape index (κ2) is 12.0. The lowest BCUT2D eigenvalue weighted by Crippen LogP contribution is -2.08. The van der Waals surface area contributed by atoms with Crippen LogP contribution < -0.4 is 4.74 Å². The predicted molar refractivity (Wildman–Crippen MR) is 124 cm³/mol. The summed E-state index contributed by atoms with van der Waals surface area (Å²) in [5.41, 5.74) is 3.25. The van der Waals surface area contributed by atoms with Gasteiger partial charge in [-0.2, -0.15) is 0 Å². The van der Waals surface area contributed by atoms with Crippen molar-refractivity contribution in [2.75, 3.05) is 6.61 Å². The van der Waals surface area contributed by atoms with E-state index in [0.29, 0.717) is 6.04 Å². The molecular formula is C22H29Cl3O2Si. The van der Waals surface area contributed by atoms with Crippen molar-refractivity contribution in [3.8, 4) is 22.6 Å². The van der Waals surface area contributed by atoms with E-state index in [1.165, 1.54) is 25.7 Å². The quantitative estimate of drug-likeness (QED) is 0.198. The monoisotopic (exact) mass is 458 g/mol. The predicted octanol–water partition coefficient (Wildman–Crippen LogP) is 8.00. The van der Waals surface area contributed by atoms with Gasteiger partial charge in [0.1, 0.15) is 11.5 Å². The number of benzene rings is 2. The third kappa shape index (κ3) is 8.65. The summed E-state index contributed by atoms with van der Waals surface area (Å²) in [4.78, 5) is 0. The minimum absolute atomic E-state index is 0.257. The van der Waals surface area contributed by atoms with Gasteiger partial charge in [0.15, 0.2) is 0 Å². The van der Waals surface area contributed by atoms with Crippen molar-refractivity contribution in [2.24, 2.45) is 0 Å². The molecule has 0 amide bonds. The van der Waals surface area contributed by atoms with Crippen LogP contribution in [0.5, 0.6) is 11.5 Å². The molecule has 0 unspecified atom stereocenters. The maximum atomic E-state index is 9.87. The molecular weight excluding hydrogens is 431 g/mol. The molecule has 0 heterocycles. The van der Waals surface area contributed by atoms with Crippen molar-refractivity contribution in [3.05, 3.63) is 48.0 Å². The van der Waals surface area contributed by atoms with Gasteiger partial charge in [-0.1, -0.05) is 50.8 Å². The summed E-state index contributed by atoms with van der Waals surface area (Å²) in [6.07, 6.45) is 7.71. The first kappa shape index (κ1) is 23.4. The minimum atomic E-state index is -2.62. The van der Waals surface area contributed by atoms with Crippen molar-refractivity contribution in [1.29, 1.82) is 0 Å². The number of ether oxygens (including phenoxy) is 1. The van der Waals surface area contributed by atoms with Gasteiger partial charge in [-0.15, -0.1) is 33.2 Å². The first-order valence-electron chi connectivity index (χ1n) is 10.0. The highest BCUT2D eigenvalue weighted by Crippen LogP contribution is 2.32. The van der Waals surface area contributed by atoms with E-state index in [9.17, 15) is 5.11 Å². The molecule has 0 saturated heterocycles. The van der Waals surface area contributed by atoms with E-state index in [0.717, 1.165) is 48.3 Å². The smallest absolute Gasteiger partial charge is 0.341 e. The van der Waals surface area contributed by atoms with E-state index >= 15 is 0 Å². The zero-order valence-corrected chi connectivity index (χ0v) is 19.7. The van der Waals surface area contributed by atoms with Crippen LogP contribution in [0.4, 0.5) is 0 Å². The minimum Gasteiger partial charge on any atom is -0.508 e. The van der Waals surface area contributed by atoms with Gasteiger partial charge in [-0.05, 0) is 66.3 Å². The van der Waals surface area contributed by atoms with Crippen LogP contribution in [-0.2, 0) is 6.42 Å². The summed E-state index contributed by atoms with van der Waals surface area (Å²) >= 11 is 18.0. The first-order chi connectivity index (χ1) is 13.4. The third-order valence-corrected chi connectivity index (χ3v) is 7.30. The highest BCUT2D eigenvalue weighted by Gasteiger charge is 2.24. The molecule has 0 aliphatic rings. The summed E-state index contributed by atoms with van der Waals surface area (Å²) in [7, 11) is 0. The highest BCUT2D eigenvalue weighted by atomic mass is 35.8. The van der Waals surface area contributed by atoms with Crippen LogP contribution in [0.1, 0.15) is 51.0 Å². The van der Waals surface area contributed by atoms with Crippen LogP contribution in [0.3, 0.4) is 0 Å². The van der Waals surface area contributed by atoms with Crippen molar-refractivity contribution >= 4 is 39.2 Å². The maximum Gasteiger partial charge on any atom is 0.341 e. The average molecular weight is 460 g/mol. The summed E-state index contributed by atoms with van der Waals surface area (Å²) in [5.74, 6) is 1.15. The Hall–Kier alpha value is -0.873. The fourth-order valence-corrected chi connectivity index (χ4v) is 4.95. The Morgan fingerprint density at radius 1 is 0.893 bits per heavy atom. The standard InChI is InChI=1S/C22H29Cl3O2Si/c1-2-3-4-5-6-15-27-21-12-9-18(10-13-21)22-14-11-20(26)17-19(22)8-7-16-28(23,24)25/h9-14,17,26H,2-8,15-16H2,1H3. The molecule has 2 rings (SSSR count). The topological polar surface area (TPSA) is 29.5 Å². The van der Waals surface area contributed by atoms with Crippen LogP contribution in [0, 0.1) is 0 Å². The Kier molecular flexibility index (Phi) is 10.0. The van der Waals surface area contributed by atoms with E-state index in [1.807, 2.05) is 18.2 Å². The summed E-state index contributed by atoms with van der Waals surface area (Å²) in [6.45, 7) is 2.98. The molecule has 0 saturated carbocycles. The summed E-state index contributed by atoms with van der Waals surface area (Å²) < 4.78 is 5.85. The number of phenols is 1. The van der Waals surface area contributed by atoms with Gasteiger partial charge >= 0.3 is 6.00 Å². The molecule has 0 atom stereocenters. The van der Waals surface area contributed by atoms with Crippen molar-refractivity contribution in [1.82, 2.24) is 0 Å². The van der Waals surface area contributed by atoms with Crippen LogP contribution >= 0.6 is 33.2 Å². The Bertz CT molecular complexity index is 715. The number of hydrogen-bond donors (Lipinski definition) is 1. The third-order valence-electron chi connectivity index (χ3n) is 4.68. The molecule has 0 radical (unpaired) electrons. The molecule has 1 N–H and O–H groups in total. The number of phenolic OH excluding ortho intramolecular Hbond substituents is 1. The lowest BCUT2D eigenvalue weighted by molar-refractivity contribution is 0.304. The molecule has 0 bridgehead atoms. The number of hydrogen-bond acceptors (Lipinski definition) is 2. The van der Waals surface area contributed by atoms with Gasteiger partial charge in [0.25, 0.3) is 0 Å². The van der Waals surface area contributed by atoms with Gasteiger partial charge in [-0.25, -0.2) is 0 Å². The van der Waals surface area contributed by atoms with Crippen LogP contribution in [-0.4, -0.2) is 17.7 Å². The summed E-state index contributed by atoms with van der Waals surface area (Å²) in [6, 6.07) is 11.6. The molecule has 28 heavy (non-hydrogen) atoms. The lowest BCUT2D eigenvalue weighted by atomic mass is 9.96. The van der Waals surface area contributed by atoms with Crippen LogP contribution in [0.2, 0.25) is 6.04 Å². The summed E-state index contributed by atoms with van der Waals surface area (Å²) in [5, 5.41) is 9.87. The Labute approximate surface area is 183 Å². The highest BCUT2D eigenvalue weighted by molar-refractivity contribution is 7.64. The molecule has 0 aliphatic heterocycles. The van der Waals surface area contributed by atoms with Gasteiger partial charge in [0, 0.05) is 0 Å². The maximum absolute atomic E-state index is 9.87. The van der Waals surface area contributed by atoms with Gasteiger partial charge in [-0.3, -0.25) is 0 Å². The molecule has 0 aliphatic carbocycles. The van der Waals surface area contributed by atoms with E-state index in [1.54, 1.807) is 12.1 Å². The molecule has 2 aromatic carbocycles. The Morgan fingerprint density at radius 2 is 1.61 bits per heavy atom. The largest absolute Gasteiger partial charge is 0.508 e. The first-order valence-corrected chi connectivity index (χ1v) is 15.2. The zero-order valence-electron chi connectivity index (χ0n) is 16.4. The molecule has 0 aromatic heterocycles. The SMILES string of the molecule is CCCCCCCOc1ccc(-c2ccc(O)cc2CCC[Si](Cl)(Cl)Cl)cc1. The van der Waals surface area contributed by atoms with Gasteiger partial charge in [0.05, 0.1) is 6.61 Å². The molecule has 2 nitrogen and oxygen atoms in total. The van der Waals surface area contributed by atoms with Crippen molar-refractivity contribution < 1.29 is 9.84 Å². The molecule has 154 valence electrons. The second-order valence-electron chi connectivity index (χ2n) is 7.10. The van der Waals surface area contributed by atoms with E-state index in [-0.39, 0.29) is 5.75 Å². The van der Waals surface area contributed by atoms with Gasteiger partial charge < -0.3 is 9.84 Å². The lowest BCUT2D eigenvalue weighted by Gasteiger charge is -2.13. The van der Waals surface area contributed by atoms with Crippen molar-refractivity contribution in [3.63, 3.8) is 0 Å². The number of aryl methyl sites for hydroxylation is 1. The Balaban J connectivity index is 1.96. The number of rotatable bonds is 12. The molecule has 2 aromatic rings. The van der Waals surface area contributed by atoms with Gasteiger partial charge in [0.2, 0.25) is 0 Å². The normalized spacial score (nSPS) is 11.6. The number of aromatic hydroxyl groups is 1. The fourth-order valence-electron chi connectivity index (χ4n) is 3.17. The van der Waals surface area contributed by atoms with E-state index in [2.05, 4.69) is 19.1 Å². The second-order valence-corrected chi connectivity index (χ2v) is 16.4. The van der Waals surface area contributed by atoms with Crippen LogP contribution in [0.15, 0.2) is 42.5 Å².